The molecule has 1 fully saturated rings. The van der Waals surface area contributed by atoms with E-state index in [1.807, 2.05) is 0 Å². The Morgan fingerprint density at radius 1 is 1.42 bits per heavy atom. The van der Waals surface area contributed by atoms with Gasteiger partial charge in [-0.05, 0) is 34.1 Å². The van der Waals surface area contributed by atoms with Crippen LogP contribution in [0, 0.1) is 5.82 Å². The first kappa shape index (κ1) is 14.7. The molecule has 4 nitrogen and oxygen atoms in total. The Labute approximate surface area is 120 Å². The van der Waals surface area contributed by atoms with Crippen LogP contribution >= 0.6 is 15.9 Å². The van der Waals surface area contributed by atoms with Crippen LogP contribution in [0.25, 0.3) is 0 Å². The van der Waals surface area contributed by atoms with Gasteiger partial charge in [0, 0.05) is 32.7 Å². The molecule has 0 spiro atoms. The van der Waals surface area contributed by atoms with E-state index in [0.29, 0.717) is 16.8 Å². The zero-order chi connectivity index (χ0) is 13.7. The van der Waals surface area contributed by atoms with Crippen molar-refractivity contribution in [3.05, 3.63) is 28.5 Å². The minimum Gasteiger partial charge on any atom is -0.491 e. The van der Waals surface area contributed by atoms with Gasteiger partial charge in [0.05, 0.1) is 4.47 Å². The summed E-state index contributed by atoms with van der Waals surface area (Å²) < 4.78 is 18.9. The fraction of sp³-hybridized carbons (Fsp3) is 0.538. The Balaban J connectivity index is 1.75. The van der Waals surface area contributed by atoms with Crippen LogP contribution < -0.4 is 10.1 Å². The van der Waals surface area contributed by atoms with Gasteiger partial charge >= 0.3 is 0 Å². The summed E-state index contributed by atoms with van der Waals surface area (Å²) in [4.78, 5) is 2.20. The third kappa shape index (κ3) is 4.72. The minimum atomic E-state index is -0.540. The lowest BCUT2D eigenvalue weighted by molar-refractivity contribution is 0.0641. The van der Waals surface area contributed by atoms with Crippen molar-refractivity contribution in [2.45, 2.75) is 6.10 Å². The summed E-state index contributed by atoms with van der Waals surface area (Å²) in [7, 11) is 0. The highest BCUT2D eigenvalue weighted by Crippen LogP contribution is 2.21. The summed E-state index contributed by atoms with van der Waals surface area (Å²) in [5.74, 6) is 0.223. The number of nitrogens with one attached hydrogen (secondary N) is 1. The normalized spacial score (nSPS) is 18.3. The number of ether oxygens (including phenoxy) is 1. The second kappa shape index (κ2) is 7.19. The van der Waals surface area contributed by atoms with E-state index in [-0.39, 0.29) is 12.4 Å². The van der Waals surface area contributed by atoms with Crippen LogP contribution in [0.3, 0.4) is 0 Å². The average Bonchev–Trinajstić information content (AvgIpc) is 2.41. The predicted octanol–water partition coefficient (Wildman–Crippen LogP) is 1.23. The third-order valence-corrected chi connectivity index (χ3v) is 3.62. The fourth-order valence-corrected chi connectivity index (χ4v) is 2.36. The second-order valence-electron chi connectivity index (χ2n) is 4.59. The molecule has 2 N–H and O–H groups in total. The van der Waals surface area contributed by atoms with Crippen molar-refractivity contribution in [1.82, 2.24) is 10.2 Å². The quantitative estimate of drug-likeness (QED) is 0.851. The number of halogens is 2. The van der Waals surface area contributed by atoms with Crippen molar-refractivity contribution >= 4 is 15.9 Å². The molecule has 1 unspecified atom stereocenters. The summed E-state index contributed by atoms with van der Waals surface area (Å²) >= 11 is 3.10. The number of hydrogen-bond acceptors (Lipinski definition) is 4. The van der Waals surface area contributed by atoms with Crippen LogP contribution in [0.4, 0.5) is 4.39 Å². The average molecular weight is 333 g/mol. The number of rotatable bonds is 5. The topological polar surface area (TPSA) is 44.7 Å². The van der Waals surface area contributed by atoms with Crippen molar-refractivity contribution < 1.29 is 14.2 Å². The zero-order valence-electron chi connectivity index (χ0n) is 10.6. The predicted molar refractivity (Wildman–Crippen MR) is 74.9 cm³/mol. The molecule has 1 saturated heterocycles. The van der Waals surface area contributed by atoms with Crippen LogP contribution in [0.2, 0.25) is 0 Å². The van der Waals surface area contributed by atoms with E-state index in [1.165, 1.54) is 6.07 Å². The fourth-order valence-electron chi connectivity index (χ4n) is 2.00. The molecule has 106 valence electrons. The number of hydrogen-bond donors (Lipinski definition) is 2. The van der Waals surface area contributed by atoms with Crippen molar-refractivity contribution in [3.8, 4) is 5.75 Å². The largest absolute Gasteiger partial charge is 0.491 e. The first-order valence-corrected chi connectivity index (χ1v) is 7.13. The summed E-state index contributed by atoms with van der Waals surface area (Å²) in [6.45, 7) is 4.61. The maximum Gasteiger partial charge on any atom is 0.137 e. The van der Waals surface area contributed by atoms with E-state index < -0.39 is 6.10 Å². The molecule has 0 amide bonds. The molecule has 0 radical (unpaired) electrons. The third-order valence-electron chi connectivity index (χ3n) is 3.01. The molecular weight excluding hydrogens is 315 g/mol. The molecule has 1 aromatic carbocycles. The number of aliphatic hydroxyl groups is 1. The number of β-amino-alcohol motifs (C(OH)–C–C–N with tert-alkyl or cyclic N) is 1. The second-order valence-corrected chi connectivity index (χ2v) is 5.45. The molecular formula is C13H18BrFN2O2. The monoisotopic (exact) mass is 332 g/mol. The SMILES string of the molecule is OC(COc1ccc(F)c(Br)c1)CN1CCNCC1. The van der Waals surface area contributed by atoms with Gasteiger partial charge in [0.2, 0.25) is 0 Å². The Hall–Kier alpha value is -0.690. The maximum absolute atomic E-state index is 13.0. The first-order valence-electron chi connectivity index (χ1n) is 6.34. The van der Waals surface area contributed by atoms with Crippen LogP contribution in [-0.4, -0.2) is 55.4 Å². The van der Waals surface area contributed by atoms with E-state index >= 15 is 0 Å². The summed E-state index contributed by atoms with van der Waals surface area (Å²) in [6, 6.07) is 4.45. The molecule has 1 aliphatic heterocycles. The Morgan fingerprint density at radius 2 is 2.16 bits per heavy atom. The molecule has 6 heteroatoms. The number of benzene rings is 1. The highest BCUT2D eigenvalue weighted by atomic mass is 79.9. The van der Waals surface area contributed by atoms with Gasteiger partial charge in [-0.3, -0.25) is 4.90 Å². The lowest BCUT2D eigenvalue weighted by Crippen LogP contribution is -2.47. The molecule has 0 aromatic heterocycles. The number of piperazine rings is 1. The zero-order valence-corrected chi connectivity index (χ0v) is 12.2. The lowest BCUT2D eigenvalue weighted by atomic mass is 10.3. The number of nitrogens with zero attached hydrogens (tertiary/aromatic N) is 1. The highest BCUT2D eigenvalue weighted by molar-refractivity contribution is 9.10. The van der Waals surface area contributed by atoms with Crippen molar-refractivity contribution in [1.29, 1.82) is 0 Å². The molecule has 0 aliphatic carbocycles. The highest BCUT2D eigenvalue weighted by Gasteiger charge is 2.14. The van der Waals surface area contributed by atoms with E-state index in [2.05, 4.69) is 26.1 Å². The van der Waals surface area contributed by atoms with Gasteiger partial charge in [0.25, 0.3) is 0 Å². The van der Waals surface area contributed by atoms with Gasteiger partial charge in [-0.2, -0.15) is 0 Å². The van der Waals surface area contributed by atoms with Crippen LogP contribution in [0.15, 0.2) is 22.7 Å². The molecule has 19 heavy (non-hydrogen) atoms. The summed E-state index contributed by atoms with van der Waals surface area (Å²) in [6.07, 6.45) is -0.540. The van der Waals surface area contributed by atoms with Gasteiger partial charge in [-0.25, -0.2) is 4.39 Å². The minimum absolute atomic E-state index is 0.210. The molecule has 1 heterocycles. The van der Waals surface area contributed by atoms with Gasteiger partial charge in [0.15, 0.2) is 0 Å². The summed E-state index contributed by atoms with van der Waals surface area (Å²) in [5.41, 5.74) is 0. The summed E-state index contributed by atoms with van der Waals surface area (Å²) in [5, 5.41) is 13.2. The van der Waals surface area contributed by atoms with E-state index in [0.717, 1.165) is 26.2 Å². The molecule has 1 atom stereocenters. The molecule has 0 saturated carbocycles. The van der Waals surface area contributed by atoms with E-state index in [9.17, 15) is 9.50 Å². The van der Waals surface area contributed by atoms with Gasteiger partial charge in [-0.1, -0.05) is 0 Å². The Bertz CT molecular complexity index is 414. The van der Waals surface area contributed by atoms with Crippen molar-refractivity contribution in [2.24, 2.45) is 0 Å². The van der Waals surface area contributed by atoms with Gasteiger partial charge < -0.3 is 15.2 Å². The standard InChI is InChI=1S/C13H18BrFN2O2/c14-12-7-11(1-2-13(12)15)19-9-10(18)8-17-5-3-16-4-6-17/h1-2,7,10,16,18H,3-6,8-9H2. The molecule has 2 rings (SSSR count). The van der Waals surface area contributed by atoms with Crippen LogP contribution in [0.5, 0.6) is 5.75 Å². The van der Waals surface area contributed by atoms with Crippen LogP contribution in [-0.2, 0) is 0 Å². The molecule has 1 aliphatic rings. The van der Waals surface area contributed by atoms with E-state index in [4.69, 9.17) is 4.74 Å². The van der Waals surface area contributed by atoms with Crippen molar-refractivity contribution in [2.75, 3.05) is 39.3 Å². The number of aliphatic hydroxyl groups excluding tert-OH is 1. The molecule has 0 bridgehead atoms. The van der Waals surface area contributed by atoms with Crippen LogP contribution in [0.1, 0.15) is 0 Å². The lowest BCUT2D eigenvalue weighted by Gasteiger charge is -2.29. The first-order chi connectivity index (χ1) is 9.15. The Morgan fingerprint density at radius 3 is 2.84 bits per heavy atom. The Kier molecular flexibility index (Phi) is 5.57. The maximum atomic E-state index is 13.0. The smallest absolute Gasteiger partial charge is 0.137 e. The van der Waals surface area contributed by atoms with Gasteiger partial charge in [-0.15, -0.1) is 0 Å². The van der Waals surface area contributed by atoms with Gasteiger partial charge in [0.1, 0.15) is 24.3 Å². The van der Waals surface area contributed by atoms with E-state index in [1.54, 1.807) is 12.1 Å². The molecule has 1 aromatic rings. The van der Waals surface area contributed by atoms with Crippen molar-refractivity contribution in [3.63, 3.8) is 0 Å².